The minimum Gasteiger partial charge on any atom is -0.480 e. The van der Waals surface area contributed by atoms with Gasteiger partial charge in [-0.1, -0.05) is 48.0 Å². The van der Waals surface area contributed by atoms with Crippen LogP contribution in [0, 0.1) is 17.8 Å². The number of aliphatic hydroxyl groups is 1. The van der Waals surface area contributed by atoms with E-state index in [4.69, 9.17) is 11.5 Å². The lowest BCUT2D eigenvalue weighted by Gasteiger charge is -2.29. The maximum Gasteiger partial charge on any atom is 0.326 e. The van der Waals surface area contributed by atoms with Gasteiger partial charge in [0.2, 0.25) is 59.1 Å². The van der Waals surface area contributed by atoms with E-state index < -0.39 is 145 Å². The second-order valence-electron chi connectivity index (χ2n) is 17.4. The van der Waals surface area contributed by atoms with Crippen LogP contribution >= 0.6 is 0 Å². The zero-order valence-electron chi connectivity index (χ0n) is 40.0. The van der Waals surface area contributed by atoms with Crippen molar-refractivity contribution in [1.82, 2.24) is 57.8 Å². The third kappa shape index (κ3) is 21.3. The second-order valence-corrected chi connectivity index (χ2v) is 17.4. The summed E-state index contributed by atoms with van der Waals surface area (Å²) in [6, 6.07) is -10.8. The Labute approximate surface area is 394 Å². The molecule has 0 saturated carbocycles. The fourth-order valence-electron chi connectivity index (χ4n) is 6.37. The topological polar surface area (TPSA) is 417 Å². The van der Waals surface area contributed by atoms with Crippen LogP contribution < -0.4 is 59.3 Å². The number of carbonyl (C=O) groups excluding carboxylic acids is 10. The van der Waals surface area contributed by atoms with Crippen molar-refractivity contribution in [1.29, 1.82) is 0 Å². The van der Waals surface area contributed by atoms with Gasteiger partial charge in [-0.05, 0) is 51.4 Å². The highest BCUT2D eigenvalue weighted by Crippen LogP contribution is 2.12. The van der Waals surface area contributed by atoms with Crippen molar-refractivity contribution in [2.24, 2.45) is 29.2 Å². The summed E-state index contributed by atoms with van der Waals surface area (Å²) in [5.41, 5.74) is 10.9. The first kappa shape index (κ1) is 59.3. The van der Waals surface area contributed by atoms with Crippen LogP contribution in [-0.4, -0.2) is 153 Å². The van der Waals surface area contributed by atoms with E-state index in [1.807, 2.05) is 0 Å². The molecule has 0 saturated heterocycles. The molecule has 10 amide bonds. The minimum absolute atomic E-state index is 0.0671. The second kappa shape index (κ2) is 29.1. The molecule has 1 aromatic rings. The summed E-state index contributed by atoms with van der Waals surface area (Å²) in [6.45, 7) is 13.2. The first-order chi connectivity index (χ1) is 31.7. The molecule has 0 bridgehead atoms. The molecule has 1 aromatic heterocycles. The summed E-state index contributed by atoms with van der Waals surface area (Å²) in [5.74, 6) is -10.7. The van der Waals surface area contributed by atoms with E-state index >= 15 is 0 Å². The van der Waals surface area contributed by atoms with Gasteiger partial charge in [-0.15, -0.1) is 0 Å². The Morgan fingerprint density at radius 1 is 0.618 bits per heavy atom. The molecule has 382 valence electrons. The van der Waals surface area contributed by atoms with E-state index in [-0.39, 0.29) is 31.1 Å². The van der Waals surface area contributed by atoms with E-state index in [9.17, 15) is 63.0 Å². The molecular formula is C42H71N13O13. The highest BCUT2D eigenvalue weighted by molar-refractivity contribution is 5.98. The standard InChI is InChI=1S/C42H71N13O13/c1-10-21(6)33(40(65)52-26(11-19(2)3)39(64)55-34(24(9)56)41(66)53-29(42(67)68)12-20(4)5)54-32(59)17-46-35(60)22(7)48-36(61)23(8)49-37(62)27(13-25-16-45-18-47-25)51-38(63)28(14-30(44)57)50-31(58)15-43/h16,18-24,26-29,33-34,56H,10-15,17,43H2,1-9H3,(H2,44,57)(H,45,47)(H,46,60)(H,48,61)(H,49,62)(H,50,58)(H,51,63)(H,52,65)(H,53,66)(H,54,59)(H,55,64)(H,67,68)/t21-,22-,23-,24+,26-,27-,28-,29-,33-,34-/m0/s1. The number of hydrogen-bond acceptors (Lipinski definition) is 14. The van der Waals surface area contributed by atoms with Crippen molar-refractivity contribution in [3.05, 3.63) is 18.2 Å². The SMILES string of the molecule is CC[C@H](C)[C@H](NC(=O)CNC(=O)[C@H](C)NC(=O)[C@H](C)NC(=O)[C@H](Cc1cnc[nH]1)NC(=O)[C@H](CC(N)=O)NC(=O)CN)C(=O)N[C@@H](CC(C)C)C(=O)N[C@H](C(=O)N[C@@H](CC(C)C)C(=O)O)[C@@H](C)O. The summed E-state index contributed by atoms with van der Waals surface area (Å²) < 4.78 is 0. The molecule has 26 nitrogen and oxygen atoms in total. The Balaban J connectivity index is 3.01. The normalized spacial score (nSPS) is 15.5. The van der Waals surface area contributed by atoms with E-state index in [1.54, 1.807) is 41.5 Å². The van der Waals surface area contributed by atoms with E-state index in [2.05, 4.69) is 57.8 Å². The molecule has 0 unspecified atom stereocenters. The van der Waals surface area contributed by atoms with Crippen LogP contribution in [-0.2, 0) is 59.2 Å². The highest BCUT2D eigenvalue weighted by atomic mass is 16.4. The monoisotopic (exact) mass is 966 g/mol. The van der Waals surface area contributed by atoms with E-state index in [0.29, 0.717) is 12.1 Å². The summed E-state index contributed by atoms with van der Waals surface area (Å²) >= 11 is 0. The lowest BCUT2D eigenvalue weighted by molar-refractivity contribution is -0.143. The third-order valence-corrected chi connectivity index (χ3v) is 10.3. The van der Waals surface area contributed by atoms with Crippen molar-refractivity contribution in [2.75, 3.05) is 13.1 Å². The summed E-state index contributed by atoms with van der Waals surface area (Å²) in [7, 11) is 0. The molecule has 0 radical (unpaired) electrons. The highest BCUT2D eigenvalue weighted by Gasteiger charge is 2.35. The Morgan fingerprint density at radius 3 is 1.65 bits per heavy atom. The van der Waals surface area contributed by atoms with Gasteiger partial charge in [-0.2, -0.15) is 0 Å². The molecule has 0 spiro atoms. The molecule has 16 N–H and O–H groups in total. The number of aromatic amines is 1. The zero-order valence-corrected chi connectivity index (χ0v) is 40.0. The number of aromatic nitrogens is 2. The summed E-state index contributed by atoms with van der Waals surface area (Å²) in [6.07, 6.45) is 0.991. The van der Waals surface area contributed by atoms with Crippen molar-refractivity contribution >= 4 is 65.0 Å². The molecule has 68 heavy (non-hydrogen) atoms. The molecule has 1 heterocycles. The molecule has 0 fully saturated rings. The smallest absolute Gasteiger partial charge is 0.326 e. The van der Waals surface area contributed by atoms with Crippen molar-refractivity contribution in [3.8, 4) is 0 Å². The van der Waals surface area contributed by atoms with Crippen LogP contribution in [0.4, 0.5) is 0 Å². The third-order valence-electron chi connectivity index (χ3n) is 10.3. The van der Waals surface area contributed by atoms with Crippen molar-refractivity contribution in [2.45, 2.75) is 149 Å². The number of aliphatic carboxylic acids is 1. The average molecular weight is 966 g/mol. The molecule has 1 rings (SSSR count). The number of imidazole rings is 1. The van der Waals surface area contributed by atoms with Gasteiger partial charge in [-0.25, -0.2) is 9.78 Å². The van der Waals surface area contributed by atoms with Gasteiger partial charge in [0.15, 0.2) is 0 Å². The summed E-state index contributed by atoms with van der Waals surface area (Å²) in [5, 5.41) is 41.8. The first-order valence-electron chi connectivity index (χ1n) is 22.3. The van der Waals surface area contributed by atoms with Crippen LogP contribution in [0.15, 0.2) is 12.5 Å². The van der Waals surface area contributed by atoms with Gasteiger partial charge in [0, 0.05) is 18.3 Å². The molecule has 0 aliphatic rings. The van der Waals surface area contributed by atoms with Crippen molar-refractivity contribution in [3.63, 3.8) is 0 Å². The fourth-order valence-corrected chi connectivity index (χ4v) is 6.37. The predicted molar refractivity (Wildman–Crippen MR) is 243 cm³/mol. The van der Waals surface area contributed by atoms with Gasteiger partial charge in [-0.3, -0.25) is 47.9 Å². The van der Waals surface area contributed by atoms with Gasteiger partial charge in [0.25, 0.3) is 0 Å². The lowest BCUT2D eigenvalue weighted by atomic mass is 9.96. The van der Waals surface area contributed by atoms with Crippen LogP contribution in [0.25, 0.3) is 0 Å². The quantitative estimate of drug-likeness (QED) is 0.0345. The van der Waals surface area contributed by atoms with Gasteiger partial charge in [0.1, 0.15) is 48.3 Å². The Kier molecular flexibility index (Phi) is 25.4. The Hall–Kier alpha value is -6.70. The van der Waals surface area contributed by atoms with Gasteiger partial charge < -0.3 is 74.5 Å². The molecular weight excluding hydrogens is 895 g/mol. The largest absolute Gasteiger partial charge is 0.480 e. The first-order valence-corrected chi connectivity index (χ1v) is 22.3. The van der Waals surface area contributed by atoms with E-state index in [1.165, 1.54) is 33.3 Å². The zero-order chi connectivity index (χ0) is 52.0. The van der Waals surface area contributed by atoms with Crippen LogP contribution in [0.5, 0.6) is 0 Å². The van der Waals surface area contributed by atoms with Gasteiger partial charge >= 0.3 is 5.97 Å². The predicted octanol–water partition coefficient (Wildman–Crippen LogP) is -4.58. The maximum atomic E-state index is 13.7. The number of carboxylic acid groups (broad SMARTS) is 1. The number of nitrogens with one attached hydrogen (secondary N) is 10. The molecule has 0 aromatic carbocycles. The van der Waals surface area contributed by atoms with Gasteiger partial charge in [0.05, 0.1) is 31.9 Å². The van der Waals surface area contributed by atoms with Crippen molar-refractivity contribution < 1.29 is 63.0 Å². The Bertz CT molecular complexity index is 1910. The van der Waals surface area contributed by atoms with Crippen LogP contribution in [0.1, 0.15) is 93.7 Å². The Morgan fingerprint density at radius 2 is 1.13 bits per heavy atom. The number of H-pyrrole nitrogens is 1. The average Bonchev–Trinajstić information content (AvgIpc) is 3.77. The minimum atomic E-state index is -1.58. The number of carbonyl (C=O) groups is 11. The number of nitrogens with two attached hydrogens (primary N) is 2. The number of rotatable bonds is 30. The lowest BCUT2D eigenvalue weighted by Crippen LogP contribution is -2.61. The number of carboxylic acids is 1. The molecule has 26 heteroatoms. The summed E-state index contributed by atoms with van der Waals surface area (Å²) in [4.78, 5) is 148. The van der Waals surface area contributed by atoms with E-state index in [0.717, 1.165) is 0 Å². The number of aliphatic hydroxyl groups excluding tert-OH is 1. The fraction of sp³-hybridized carbons (Fsp3) is 0.667. The number of primary amides is 1. The van der Waals surface area contributed by atoms with Crippen LogP contribution in [0.3, 0.4) is 0 Å². The van der Waals surface area contributed by atoms with Crippen LogP contribution in [0.2, 0.25) is 0 Å². The number of hydrogen-bond donors (Lipinski definition) is 14. The number of nitrogens with zero attached hydrogens (tertiary/aromatic N) is 1. The molecule has 0 aliphatic carbocycles. The molecule has 10 atom stereocenters. The maximum absolute atomic E-state index is 13.7. The molecule has 0 aliphatic heterocycles. The number of amides is 10.